The molecule has 180 valence electrons. The lowest BCUT2D eigenvalue weighted by Crippen LogP contribution is -2.44. The average molecular weight is 478 g/mol. The fourth-order valence-electron chi connectivity index (χ4n) is 4.79. The molecule has 34 heavy (non-hydrogen) atoms. The van der Waals surface area contributed by atoms with E-state index in [-0.39, 0.29) is 23.3 Å². The molecule has 1 aliphatic carbocycles. The van der Waals surface area contributed by atoms with Crippen LogP contribution in [-0.4, -0.2) is 27.3 Å². The van der Waals surface area contributed by atoms with Crippen LogP contribution in [0.5, 0.6) is 0 Å². The number of para-hydroxylation sites is 1. The number of amides is 1. The second-order valence-corrected chi connectivity index (χ2v) is 10.6. The topological polar surface area (TPSA) is 64.0 Å². The highest BCUT2D eigenvalue weighted by Gasteiger charge is 2.28. The number of fused-ring (bicyclic) bond motifs is 1. The number of nitrogens with one attached hydrogen (secondary N) is 1. The number of nitrogens with zero attached hydrogens (tertiary/aromatic N) is 2. The van der Waals surface area contributed by atoms with Gasteiger partial charge < -0.3 is 5.32 Å². The SMILES string of the molecule is CCC(C)c1ccc(-n2c(SCC(=O)NC3CCCC(C)C3C)nc3ccccc3c2=O)cc1. The molecule has 6 heteroatoms. The molecular formula is C28H35N3O2S. The lowest BCUT2D eigenvalue weighted by molar-refractivity contribution is -0.120. The largest absolute Gasteiger partial charge is 0.352 e. The van der Waals surface area contributed by atoms with E-state index in [9.17, 15) is 9.59 Å². The number of rotatable bonds is 7. The summed E-state index contributed by atoms with van der Waals surface area (Å²) in [6.45, 7) is 8.87. The number of carbonyl (C=O) groups is 1. The minimum atomic E-state index is -0.112. The summed E-state index contributed by atoms with van der Waals surface area (Å²) in [6.07, 6.45) is 4.47. The Morgan fingerprint density at radius 2 is 1.88 bits per heavy atom. The monoisotopic (exact) mass is 477 g/mol. The van der Waals surface area contributed by atoms with Crippen LogP contribution < -0.4 is 10.9 Å². The fraction of sp³-hybridized carbons (Fsp3) is 0.464. The summed E-state index contributed by atoms with van der Waals surface area (Å²) in [5.41, 5.74) is 2.56. The van der Waals surface area contributed by atoms with E-state index in [0.29, 0.717) is 33.8 Å². The van der Waals surface area contributed by atoms with E-state index in [1.54, 1.807) is 4.57 Å². The molecule has 4 rings (SSSR count). The Balaban J connectivity index is 1.61. The number of thioether (sulfide) groups is 1. The molecule has 3 aromatic rings. The van der Waals surface area contributed by atoms with E-state index in [1.165, 1.54) is 23.7 Å². The van der Waals surface area contributed by atoms with Crippen LogP contribution in [0.25, 0.3) is 16.6 Å². The molecule has 0 saturated heterocycles. The normalized spacial score (nSPS) is 21.4. The van der Waals surface area contributed by atoms with Crippen LogP contribution >= 0.6 is 11.8 Å². The minimum absolute atomic E-state index is 0.00275. The number of benzene rings is 2. The number of aromatic nitrogens is 2. The zero-order chi connectivity index (χ0) is 24.2. The lowest BCUT2D eigenvalue weighted by Gasteiger charge is -2.34. The predicted molar refractivity (Wildman–Crippen MR) is 141 cm³/mol. The van der Waals surface area contributed by atoms with Gasteiger partial charge in [-0.15, -0.1) is 0 Å². The summed E-state index contributed by atoms with van der Waals surface area (Å²) >= 11 is 1.32. The van der Waals surface area contributed by atoms with Gasteiger partial charge >= 0.3 is 0 Å². The standard InChI is InChI=1S/C28H35N3O2S/c1-5-18(2)21-13-15-22(16-14-21)31-27(33)23-10-6-7-11-25(23)30-28(31)34-17-26(32)29-24-12-8-9-19(3)20(24)4/h6-7,10-11,13-16,18-20,24H,5,8-9,12,17H2,1-4H3,(H,29,32). The third-order valence-corrected chi connectivity index (χ3v) is 8.40. The van der Waals surface area contributed by atoms with Crippen LogP contribution in [0, 0.1) is 11.8 Å². The zero-order valence-corrected chi connectivity index (χ0v) is 21.4. The Hall–Kier alpha value is -2.60. The first-order valence-electron chi connectivity index (χ1n) is 12.4. The first-order valence-corrected chi connectivity index (χ1v) is 13.4. The molecule has 1 heterocycles. The molecule has 4 atom stereocenters. The van der Waals surface area contributed by atoms with Crippen molar-refractivity contribution in [1.29, 1.82) is 0 Å². The van der Waals surface area contributed by atoms with Gasteiger partial charge in [0.25, 0.3) is 5.56 Å². The van der Waals surface area contributed by atoms with Crippen molar-refractivity contribution in [3.05, 3.63) is 64.4 Å². The summed E-state index contributed by atoms with van der Waals surface area (Å²) in [5, 5.41) is 4.35. The molecule has 0 bridgehead atoms. The summed E-state index contributed by atoms with van der Waals surface area (Å²) < 4.78 is 1.64. The van der Waals surface area contributed by atoms with E-state index in [2.05, 4.69) is 45.1 Å². The number of hydrogen-bond donors (Lipinski definition) is 1. The van der Waals surface area contributed by atoms with Crippen molar-refractivity contribution in [2.24, 2.45) is 11.8 Å². The van der Waals surface area contributed by atoms with E-state index < -0.39 is 0 Å². The van der Waals surface area contributed by atoms with Crippen molar-refractivity contribution in [2.75, 3.05) is 5.75 Å². The lowest BCUT2D eigenvalue weighted by atomic mass is 9.78. The number of hydrogen-bond acceptors (Lipinski definition) is 4. The third kappa shape index (κ3) is 5.22. The second-order valence-electron chi connectivity index (χ2n) is 9.68. The first-order chi connectivity index (χ1) is 16.4. The molecule has 1 aromatic heterocycles. The maximum Gasteiger partial charge on any atom is 0.266 e. The molecule has 1 saturated carbocycles. The molecule has 0 aliphatic heterocycles. The van der Waals surface area contributed by atoms with Crippen LogP contribution in [0.1, 0.15) is 64.9 Å². The highest BCUT2D eigenvalue weighted by atomic mass is 32.2. The van der Waals surface area contributed by atoms with E-state index in [1.807, 2.05) is 36.4 Å². The van der Waals surface area contributed by atoms with Gasteiger partial charge in [0.15, 0.2) is 5.16 Å². The van der Waals surface area contributed by atoms with Crippen LogP contribution in [0.4, 0.5) is 0 Å². The van der Waals surface area contributed by atoms with Crippen LogP contribution in [0.15, 0.2) is 58.5 Å². The van der Waals surface area contributed by atoms with E-state index >= 15 is 0 Å². The van der Waals surface area contributed by atoms with Gasteiger partial charge in [-0.2, -0.15) is 0 Å². The van der Waals surface area contributed by atoms with Crippen molar-refractivity contribution >= 4 is 28.6 Å². The minimum Gasteiger partial charge on any atom is -0.352 e. The highest BCUT2D eigenvalue weighted by Crippen LogP contribution is 2.30. The van der Waals surface area contributed by atoms with Gasteiger partial charge in [0.05, 0.1) is 22.3 Å². The van der Waals surface area contributed by atoms with Crippen molar-refractivity contribution in [3.63, 3.8) is 0 Å². The quantitative estimate of drug-likeness (QED) is 0.338. The smallest absolute Gasteiger partial charge is 0.266 e. The van der Waals surface area contributed by atoms with Crippen LogP contribution in [0.3, 0.4) is 0 Å². The van der Waals surface area contributed by atoms with E-state index in [0.717, 1.165) is 24.9 Å². The summed E-state index contributed by atoms with van der Waals surface area (Å²) in [6, 6.07) is 15.7. The molecule has 0 radical (unpaired) electrons. The van der Waals surface area contributed by atoms with Gasteiger partial charge in [-0.3, -0.25) is 14.2 Å². The summed E-state index contributed by atoms with van der Waals surface area (Å²) in [7, 11) is 0. The van der Waals surface area contributed by atoms with Crippen LogP contribution in [-0.2, 0) is 4.79 Å². The second kappa shape index (κ2) is 10.8. The zero-order valence-electron chi connectivity index (χ0n) is 20.6. The highest BCUT2D eigenvalue weighted by molar-refractivity contribution is 7.99. The Morgan fingerprint density at radius 1 is 1.15 bits per heavy atom. The predicted octanol–water partition coefficient (Wildman–Crippen LogP) is 5.93. The maximum absolute atomic E-state index is 13.5. The number of carbonyl (C=O) groups excluding carboxylic acids is 1. The van der Waals surface area contributed by atoms with Crippen molar-refractivity contribution in [3.8, 4) is 5.69 Å². The van der Waals surface area contributed by atoms with Crippen molar-refractivity contribution < 1.29 is 4.79 Å². The van der Waals surface area contributed by atoms with Gasteiger partial charge in [-0.05, 0) is 60.4 Å². The molecule has 1 fully saturated rings. The Kier molecular flexibility index (Phi) is 7.77. The van der Waals surface area contributed by atoms with Gasteiger partial charge in [0.1, 0.15) is 0 Å². The fourth-order valence-corrected chi connectivity index (χ4v) is 5.61. The molecule has 2 aromatic carbocycles. The average Bonchev–Trinajstić information content (AvgIpc) is 2.85. The van der Waals surface area contributed by atoms with Gasteiger partial charge in [0.2, 0.25) is 5.91 Å². The molecule has 4 unspecified atom stereocenters. The van der Waals surface area contributed by atoms with Crippen LogP contribution in [0.2, 0.25) is 0 Å². The van der Waals surface area contributed by atoms with Gasteiger partial charge in [-0.1, -0.05) is 76.6 Å². The molecule has 5 nitrogen and oxygen atoms in total. The van der Waals surface area contributed by atoms with E-state index in [4.69, 9.17) is 4.98 Å². The molecule has 1 amide bonds. The molecule has 0 spiro atoms. The Morgan fingerprint density at radius 3 is 2.62 bits per heavy atom. The van der Waals surface area contributed by atoms with Gasteiger partial charge in [0, 0.05) is 6.04 Å². The molecule has 1 N–H and O–H groups in total. The van der Waals surface area contributed by atoms with Crippen molar-refractivity contribution in [2.45, 2.75) is 70.5 Å². The van der Waals surface area contributed by atoms with Gasteiger partial charge in [-0.25, -0.2) is 4.98 Å². The Labute approximate surface area is 206 Å². The Bertz CT molecular complexity index is 1200. The molecule has 1 aliphatic rings. The van der Waals surface area contributed by atoms with Crippen molar-refractivity contribution in [1.82, 2.24) is 14.9 Å². The summed E-state index contributed by atoms with van der Waals surface area (Å²) in [5.74, 6) is 1.79. The summed E-state index contributed by atoms with van der Waals surface area (Å²) in [4.78, 5) is 31.1. The molecular weight excluding hydrogens is 442 g/mol. The third-order valence-electron chi connectivity index (χ3n) is 7.46. The maximum atomic E-state index is 13.5. The first kappa shape index (κ1) is 24.5.